The van der Waals surface area contributed by atoms with E-state index in [-0.39, 0.29) is 5.97 Å². The van der Waals surface area contributed by atoms with Gasteiger partial charge in [0.1, 0.15) is 5.92 Å². The lowest BCUT2D eigenvalue weighted by atomic mass is 9.90. The number of benzene rings is 1. The minimum Gasteiger partial charge on any atom is -0.463 e. The van der Waals surface area contributed by atoms with Crippen molar-refractivity contribution in [3.8, 4) is 0 Å². The molecule has 4 nitrogen and oxygen atoms in total. The first kappa shape index (κ1) is 11.6. The van der Waals surface area contributed by atoms with E-state index in [1.165, 1.54) is 0 Å². The molecule has 0 radical (unpaired) electrons. The number of rotatable bonds is 4. The summed E-state index contributed by atoms with van der Waals surface area (Å²) in [6, 6.07) is 9.56. The number of carbonyl (C=O) groups is 2. The minimum atomic E-state index is -0.734. The van der Waals surface area contributed by atoms with Gasteiger partial charge in [-0.05, 0) is 18.9 Å². The summed E-state index contributed by atoms with van der Waals surface area (Å²) in [7, 11) is 0. The second-order valence-electron chi connectivity index (χ2n) is 3.91. The van der Waals surface area contributed by atoms with E-state index in [1.807, 2.05) is 30.3 Å². The summed E-state index contributed by atoms with van der Waals surface area (Å²) in [6.07, 6.45) is -0.217. The van der Waals surface area contributed by atoms with Crippen LogP contribution in [-0.2, 0) is 25.5 Å². The molecule has 17 heavy (non-hydrogen) atoms. The summed E-state index contributed by atoms with van der Waals surface area (Å²) in [4.78, 5) is 22.8. The average Bonchev–Trinajstić information content (AvgIpc) is 2.34. The molecule has 1 aliphatic heterocycles. The molecule has 1 heterocycles. The van der Waals surface area contributed by atoms with Gasteiger partial charge in [0.05, 0.1) is 6.61 Å². The van der Waals surface area contributed by atoms with Crippen LogP contribution in [0, 0.1) is 5.92 Å². The van der Waals surface area contributed by atoms with Crippen molar-refractivity contribution in [2.45, 2.75) is 19.4 Å². The molecular weight excluding hydrogens is 220 g/mol. The van der Waals surface area contributed by atoms with Gasteiger partial charge in [0, 0.05) is 0 Å². The Bertz CT molecular complexity index is 413. The maximum Gasteiger partial charge on any atom is 0.348 e. The van der Waals surface area contributed by atoms with Crippen LogP contribution in [0.5, 0.6) is 0 Å². The van der Waals surface area contributed by atoms with Gasteiger partial charge in [0.15, 0.2) is 0 Å². The molecule has 2 atom stereocenters. The van der Waals surface area contributed by atoms with E-state index >= 15 is 0 Å². The van der Waals surface area contributed by atoms with E-state index in [0.29, 0.717) is 13.0 Å². The van der Waals surface area contributed by atoms with Gasteiger partial charge in [-0.2, -0.15) is 0 Å². The monoisotopic (exact) mass is 234 g/mol. The molecule has 0 saturated carbocycles. The van der Waals surface area contributed by atoms with E-state index in [0.717, 1.165) is 5.56 Å². The molecule has 2 rings (SSSR count). The Morgan fingerprint density at radius 3 is 2.65 bits per heavy atom. The Kier molecular flexibility index (Phi) is 3.42. The summed E-state index contributed by atoms with van der Waals surface area (Å²) >= 11 is 0. The quantitative estimate of drug-likeness (QED) is 0.737. The standard InChI is InChI=1S/C13H14O4/c1-2-16-13(15)11-10(12(14)17-11)8-9-6-4-3-5-7-9/h3-7,10-11H,2,8H2,1H3/t10-,11-/m0/s1. The predicted molar refractivity (Wildman–Crippen MR) is 60.1 cm³/mol. The van der Waals surface area contributed by atoms with Crippen LogP contribution in [-0.4, -0.2) is 24.6 Å². The van der Waals surface area contributed by atoms with E-state index in [9.17, 15) is 9.59 Å². The Morgan fingerprint density at radius 1 is 1.35 bits per heavy atom. The van der Waals surface area contributed by atoms with Gasteiger partial charge in [-0.3, -0.25) is 4.79 Å². The smallest absolute Gasteiger partial charge is 0.348 e. The second kappa shape index (κ2) is 4.99. The highest BCUT2D eigenvalue weighted by Gasteiger charge is 2.47. The SMILES string of the molecule is CCOC(=O)[C@H]1OC(=O)[C@H]1Cc1ccccc1. The zero-order chi connectivity index (χ0) is 12.3. The third kappa shape index (κ3) is 2.46. The molecule has 0 bridgehead atoms. The fourth-order valence-corrected chi connectivity index (χ4v) is 1.84. The number of hydrogen-bond acceptors (Lipinski definition) is 4. The summed E-state index contributed by atoms with van der Waals surface area (Å²) in [6.45, 7) is 2.02. The lowest BCUT2D eigenvalue weighted by Crippen LogP contribution is -2.51. The van der Waals surface area contributed by atoms with Gasteiger partial charge in [-0.1, -0.05) is 30.3 Å². The molecule has 4 heteroatoms. The van der Waals surface area contributed by atoms with Crippen molar-refractivity contribution in [2.24, 2.45) is 5.92 Å². The van der Waals surface area contributed by atoms with Gasteiger partial charge >= 0.3 is 11.9 Å². The maximum absolute atomic E-state index is 11.5. The van der Waals surface area contributed by atoms with Crippen LogP contribution in [0.15, 0.2) is 30.3 Å². The third-order valence-electron chi connectivity index (χ3n) is 2.73. The molecule has 0 amide bonds. The number of cyclic esters (lactones) is 1. The van der Waals surface area contributed by atoms with Gasteiger partial charge in [0.25, 0.3) is 0 Å². The number of esters is 2. The first-order valence-electron chi connectivity index (χ1n) is 5.63. The Balaban J connectivity index is 2.00. The van der Waals surface area contributed by atoms with Crippen LogP contribution in [0.4, 0.5) is 0 Å². The number of ether oxygens (including phenoxy) is 2. The van der Waals surface area contributed by atoms with Crippen molar-refractivity contribution in [3.63, 3.8) is 0 Å². The maximum atomic E-state index is 11.5. The molecule has 1 aromatic rings. The van der Waals surface area contributed by atoms with Crippen LogP contribution in [0.2, 0.25) is 0 Å². The van der Waals surface area contributed by atoms with Crippen LogP contribution >= 0.6 is 0 Å². The van der Waals surface area contributed by atoms with Gasteiger partial charge < -0.3 is 9.47 Å². The average molecular weight is 234 g/mol. The molecule has 1 aromatic carbocycles. The van der Waals surface area contributed by atoms with Crippen LogP contribution in [0.1, 0.15) is 12.5 Å². The molecule has 1 fully saturated rings. The van der Waals surface area contributed by atoms with E-state index in [4.69, 9.17) is 9.47 Å². The molecule has 1 saturated heterocycles. The minimum absolute atomic E-state index is 0.297. The van der Waals surface area contributed by atoms with Crippen molar-refractivity contribution in [1.29, 1.82) is 0 Å². The second-order valence-corrected chi connectivity index (χ2v) is 3.91. The van der Waals surface area contributed by atoms with E-state index < -0.39 is 18.0 Å². The third-order valence-corrected chi connectivity index (χ3v) is 2.73. The number of hydrogen-bond donors (Lipinski definition) is 0. The lowest BCUT2D eigenvalue weighted by Gasteiger charge is -2.33. The summed E-state index contributed by atoms with van der Waals surface area (Å²) in [5, 5.41) is 0. The molecular formula is C13H14O4. The van der Waals surface area contributed by atoms with E-state index in [1.54, 1.807) is 6.92 Å². The van der Waals surface area contributed by atoms with Crippen molar-refractivity contribution < 1.29 is 19.1 Å². The fourth-order valence-electron chi connectivity index (χ4n) is 1.84. The molecule has 0 aromatic heterocycles. The van der Waals surface area contributed by atoms with Crippen LogP contribution in [0.3, 0.4) is 0 Å². The normalized spacial score (nSPS) is 22.5. The largest absolute Gasteiger partial charge is 0.463 e. The molecule has 90 valence electrons. The Hall–Kier alpha value is -1.84. The molecule has 0 aliphatic carbocycles. The first-order chi connectivity index (χ1) is 8.22. The first-order valence-corrected chi connectivity index (χ1v) is 5.63. The topological polar surface area (TPSA) is 52.6 Å². The summed E-state index contributed by atoms with van der Waals surface area (Å²) in [5.41, 5.74) is 1.02. The number of carbonyl (C=O) groups excluding carboxylic acids is 2. The highest BCUT2D eigenvalue weighted by molar-refractivity contribution is 5.91. The highest BCUT2D eigenvalue weighted by Crippen LogP contribution is 2.27. The molecule has 1 aliphatic rings. The lowest BCUT2D eigenvalue weighted by molar-refractivity contribution is -0.197. The predicted octanol–water partition coefficient (Wildman–Crippen LogP) is 1.33. The van der Waals surface area contributed by atoms with Gasteiger partial charge in [0.2, 0.25) is 6.10 Å². The van der Waals surface area contributed by atoms with Crippen molar-refractivity contribution in [2.75, 3.05) is 6.61 Å². The summed E-state index contributed by atoms with van der Waals surface area (Å²) < 4.78 is 9.67. The Labute approximate surface area is 99.5 Å². The Morgan fingerprint density at radius 2 is 2.06 bits per heavy atom. The van der Waals surface area contributed by atoms with Crippen molar-refractivity contribution >= 4 is 11.9 Å². The zero-order valence-electron chi connectivity index (χ0n) is 9.59. The van der Waals surface area contributed by atoms with E-state index in [2.05, 4.69) is 0 Å². The van der Waals surface area contributed by atoms with Gasteiger partial charge in [-0.15, -0.1) is 0 Å². The zero-order valence-corrected chi connectivity index (χ0v) is 9.59. The fraction of sp³-hybridized carbons (Fsp3) is 0.385. The molecule has 0 spiro atoms. The highest BCUT2D eigenvalue weighted by atomic mass is 16.6. The van der Waals surface area contributed by atoms with Crippen LogP contribution in [0.25, 0.3) is 0 Å². The molecule has 0 unspecified atom stereocenters. The molecule has 0 N–H and O–H groups in total. The van der Waals surface area contributed by atoms with Crippen molar-refractivity contribution in [3.05, 3.63) is 35.9 Å². The summed E-state index contributed by atoms with van der Waals surface area (Å²) in [5.74, 6) is -1.18. The van der Waals surface area contributed by atoms with Crippen LogP contribution < -0.4 is 0 Å². The van der Waals surface area contributed by atoms with Gasteiger partial charge in [-0.25, -0.2) is 4.79 Å². The van der Waals surface area contributed by atoms with Crippen molar-refractivity contribution in [1.82, 2.24) is 0 Å².